The number of ether oxygens (including phenoxy) is 3. The van der Waals surface area contributed by atoms with E-state index < -0.39 is 0 Å². The molecule has 0 spiro atoms. The normalized spacial score (nSPS) is 14.5. The van der Waals surface area contributed by atoms with Crippen LogP contribution >= 0.6 is 0 Å². The number of benzene rings is 2. The fourth-order valence-corrected chi connectivity index (χ4v) is 3.32. The first-order valence-electron chi connectivity index (χ1n) is 9.33. The molecule has 0 atom stereocenters. The van der Waals surface area contributed by atoms with Crippen LogP contribution in [-0.4, -0.2) is 60.5 Å². The summed E-state index contributed by atoms with van der Waals surface area (Å²) in [7, 11) is 6.80. The fraction of sp³-hybridized carbons (Fsp3) is 0.381. The maximum absolute atomic E-state index is 12.7. The Morgan fingerprint density at radius 3 is 2.04 bits per heavy atom. The lowest BCUT2D eigenvalue weighted by molar-refractivity contribution is -0.880. The number of piperazine rings is 1. The van der Waals surface area contributed by atoms with E-state index >= 15 is 0 Å². The summed E-state index contributed by atoms with van der Waals surface area (Å²) >= 11 is 0. The zero-order valence-electron chi connectivity index (χ0n) is 16.9. The molecule has 3 rings (SSSR count). The van der Waals surface area contributed by atoms with Gasteiger partial charge in [-0.15, -0.1) is 0 Å². The number of nitrogens with one attached hydrogen (secondary N) is 2. The number of amides is 1. The molecular weight excluding hydrogens is 358 g/mol. The van der Waals surface area contributed by atoms with Crippen LogP contribution in [0.15, 0.2) is 36.4 Å². The third kappa shape index (κ3) is 4.31. The van der Waals surface area contributed by atoms with Crippen molar-refractivity contribution in [2.24, 2.45) is 0 Å². The van der Waals surface area contributed by atoms with E-state index in [0.717, 1.165) is 31.9 Å². The summed E-state index contributed by atoms with van der Waals surface area (Å²) in [5, 5.41) is 2.92. The highest BCUT2D eigenvalue weighted by Gasteiger charge is 2.18. The van der Waals surface area contributed by atoms with Crippen molar-refractivity contribution >= 4 is 17.3 Å². The van der Waals surface area contributed by atoms with Crippen molar-refractivity contribution in [2.45, 2.75) is 0 Å². The number of likely N-dealkylation sites (N-methyl/N-ethyl adjacent to an activating group) is 1. The molecular formula is C21H28N3O4+. The van der Waals surface area contributed by atoms with Gasteiger partial charge in [0.15, 0.2) is 11.5 Å². The van der Waals surface area contributed by atoms with Gasteiger partial charge in [0.1, 0.15) is 0 Å². The minimum Gasteiger partial charge on any atom is -0.493 e. The van der Waals surface area contributed by atoms with Crippen LogP contribution < -0.4 is 29.3 Å². The molecule has 2 aromatic rings. The quantitative estimate of drug-likeness (QED) is 0.784. The molecule has 2 N–H and O–H groups in total. The van der Waals surface area contributed by atoms with E-state index in [1.54, 1.807) is 17.0 Å². The van der Waals surface area contributed by atoms with Gasteiger partial charge in [0.05, 0.1) is 54.6 Å². The number of quaternary nitrogens is 1. The number of hydrogen-bond donors (Lipinski definition) is 2. The van der Waals surface area contributed by atoms with Crippen LogP contribution in [0.3, 0.4) is 0 Å². The molecule has 0 saturated carbocycles. The summed E-state index contributed by atoms with van der Waals surface area (Å²) < 4.78 is 15.9. The van der Waals surface area contributed by atoms with Crippen molar-refractivity contribution < 1.29 is 23.9 Å². The number of hydrogen-bond acceptors (Lipinski definition) is 5. The second-order valence-corrected chi connectivity index (χ2v) is 6.86. The van der Waals surface area contributed by atoms with Gasteiger partial charge in [-0.05, 0) is 36.4 Å². The summed E-state index contributed by atoms with van der Waals surface area (Å²) in [4.78, 5) is 16.6. The zero-order chi connectivity index (χ0) is 20.1. The van der Waals surface area contributed by atoms with Gasteiger partial charge >= 0.3 is 0 Å². The molecule has 1 heterocycles. The average molecular weight is 386 g/mol. The van der Waals surface area contributed by atoms with E-state index in [2.05, 4.69) is 17.3 Å². The van der Waals surface area contributed by atoms with Gasteiger partial charge < -0.3 is 29.3 Å². The number of nitrogens with zero attached hydrogens (tertiary/aromatic N) is 1. The Balaban J connectivity index is 1.72. The van der Waals surface area contributed by atoms with Crippen molar-refractivity contribution in [3.63, 3.8) is 0 Å². The smallest absolute Gasteiger partial charge is 0.255 e. The maximum atomic E-state index is 12.7. The minimum absolute atomic E-state index is 0.241. The molecule has 2 aromatic carbocycles. The van der Waals surface area contributed by atoms with Gasteiger partial charge in [0.25, 0.3) is 5.91 Å². The van der Waals surface area contributed by atoms with Crippen LogP contribution in [0.1, 0.15) is 10.4 Å². The van der Waals surface area contributed by atoms with Crippen molar-refractivity contribution in [3.05, 3.63) is 42.0 Å². The lowest BCUT2D eigenvalue weighted by Crippen LogP contribution is -3.12. The molecule has 7 heteroatoms. The molecule has 0 bridgehead atoms. The van der Waals surface area contributed by atoms with E-state index in [9.17, 15) is 4.79 Å². The van der Waals surface area contributed by atoms with Crippen LogP contribution in [0, 0.1) is 0 Å². The Morgan fingerprint density at radius 2 is 1.54 bits per heavy atom. The van der Waals surface area contributed by atoms with Gasteiger partial charge in [-0.25, -0.2) is 0 Å². The van der Waals surface area contributed by atoms with Gasteiger partial charge in [-0.1, -0.05) is 0 Å². The second kappa shape index (κ2) is 8.84. The van der Waals surface area contributed by atoms with Gasteiger partial charge in [0, 0.05) is 16.9 Å². The van der Waals surface area contributed by atoms with Crippen LogP contribution in [0.4, 0.5) is 11.4 Å². The lowest BCUT2D eigenvalue weighted by atomic mass is 10.1. The molecule has 1 aliphatic rings. The van der Waals surface area contributed by atoms with Crippen molar-refractivity contribution in [2.75, 3.05) is 64.8 Å². The Labute approximate surface area is 165 Å². The van der Waals surface area contributed by atoms with Crippen molar-refractivity contribution in [1.29, 1.82) is 0 Å². The number of carbonyl (C=O) groups excluding carboxylic acids is 1. The molecule has 1 amide bonds. The molecule has 1 aliphatic heterocycles. The maximum Gasteiger partial charge on any atom is 0.255 e. The van der Waals surface area contributed by atoms with E-state index in [1.807, 2.05) is 24.3 Å². The fourth-order valence-electron chi connectivity index (χ4n) is 3.32. The molecule has 0 aliphatic carbocycles. The van der Waals surface area contributed by atoms with Gasteiger partial charge in [-0.2, -0.15) is 0 Å². The highest BCUT2D eigenvalue weighted by Crippen LogP contribution is 2.38. The van der Waals surface area contributed by atoms with Crippen molar-refractivity contribution in [1.82, 2.24) is 0 Å². The molecule has 1 saturated heterocycles. The van der Waals surface area contributed by atoms with E-state index in [4.69, 9.17) is 14.2 Å². The van der Waals surface area contributed by atoms with E-state index in [1.165, 1.54) is 27.0 Å². The summed E-state index contributed by atoms with van der Waals surface area (Å²) in [6, 6.07) is 11.2. The van der Waals surface area contributed by atoms with Crippen LogP contribution in [0.5, 0.6) is 17.2 Å². The zero-order valence-corrected chi connectivity index (χ0v) is 16.9. The third-order valence-electron chi connectivity index (χ3n) is 5.03. The summed E-state index contributed by atoms with van der Waals surface area (Å²) in [5.41, 5.74) is 2.35. The first-order chi connectivity index (χ1) is 13.5. The lowest BCUT2D eigenvalue weighted by Gasteiger charge is -2.31. The molecule has 0 aromatic heterocycles. The average Bonchev–Trinajstić information content (AvgIpc) is 2.73. The number of rotatable bonds is 6. The van der Waals surface area contributed by atoms with E-state index in [0.29, 0.717) is 22.8 Å². The second-order valence-electron chi connectivity index (χ2n) is 6.86. The Bertz CT molecular complexity index is 790. The highest BCUT2D eigenvalue weighted by atomic mass is 16.5. The number of methoxy groups -OCH3 is 3. The van der Waals surface area contributed by atoms with Crippen LogP contribution in [0.2, 0.25) is 0 Å². The molecule has 28 heavy (non-hydrogen) atoms. The minimum atomic E-state index is -0.241. The van der Waals surface area contributed by atoms with Gasteiger partial charge in [-0.3, -0.25) is 4.79 Å². The summed E-state index contributed by atoms with van der Waals surface area (Å²) in [6.07, 6.45) is 0. The van der Waals surface area contributed by atoms with E-state index in [-0.39, 0.29) is 5.91 Å². The van der Waals surface area contributed by atoms with Crippen LogP contribution in [-0.2, 0) is 0 Å². The summed E-state index contributed by atoms with van der Waals surface area (Å²) in [5.74, 6) is 1.11. The monoisotopic (exact) mass is 386 g/mol. The molecule has 1 fully saturated rings. The molecule has 0 radical (unpaired) electrons. The van der Waals surface area contributed by atoms with Gasteiger partial charge in [0.2, 0.25) is 5.75 Å². The predicted octanol–water partition coefficient (Wildman–Crippen LogP) is 1.30. The molecule has 0 unspecified atom stereocenters. The molecule has 7 nitrogen and oxygen atoms in total. The Kier molecular flexibility index (Phi) is 6.26. The predicted molar refractivity (Wildman–Crippen MR) is 109 cm³/mol. The number of carbonyl (C=O) groups is 1. The summed E-state index contributed by atoms with van der Waals surface area (Å²) in [6.45, 7) is 4.37. The largest absolute Gasteiger partial charge is 0.493 e. The third-order valence-corrected chi connectivity index (χ3v) is 5.03. The Hall–Kier alpha value is -2.93. The topological polar surface area (TPSA) is 64.5 Å². The Morgan fingerprint density at radius 1 is 0.964 bits per heavy atom. The number of anilines is 2. The van der Waals surface area contributed by atoms with Crippen molar-refractivity contribution in [3.8, 4) is 17.2 Å². The van der Waals surface area contributed by atoms with Crippen LogP contribution in [0.25, 0.3) is 0 Å². The standard InChI is InChI=1S/C21H27N3O4/c1-23-9-11-24(12-10-23)17-7-5-16(6-8-17)22-21(25)15-13-18(26-2)20(28-4)19(14-15)27-3/h5-8,13-14H,9-12H2,1-4H3,(H,22,25)/p+1. The highest BCUT2D eigenvalue weighted by molar-refractivity contribution is 6.05. The molecule has 150 valence electrons. The first-order valence-corrected chi connectivity index (χ1v) is 9.33. The first kappa shape index (κ1) is 19.8. The SMILES string of the molecule is COc1cc(C(=O)Nc2ccc(N3CC[NH+](C)CC3)cc2)cc(OC)c1OC.